The average Bonchev–Trinajstić information content (AvgIpc) is 3.03. The largest absolute Gasteiger partial charge is 0.491 e. The van der Waals surface area contributed by atoms with E-state index in [4.69, 9.17) is 4.65 Å². The second kappa shape index (κ2) is 7.88. The number of hydrogen-bond donors (Lipinski definition) is 1. The van der Waals surface area contributed by atoms with Crippen molar-refractivity contribution in [2.45, 2.75) is 46.0 Å². The maximum atomic E-state index is 12.8. The number of halogens is 3. The zero-order chi connectivity index (χ0) is 21.4. The van der Waals surface area contributed by atoms with Gasteiger partial charge in [-0.25, -0.2) is 0 Å². The second-order valence-electron chi connectivity index (χ2n) is 8.18. The van der Waals surface area contributed by atoms with Crippen molar-refractivity contribution in [1.82, 2.24) is 4.57 Å². The minimum absolute atomic E-state index is 0.226. The first-order chi connectivity index (χ1) is 13.5. The predicted molar refractivity (Wildman–Crippen MR) is 110 cm³/mol. The molecule has 2 aromatic carbocycles. The van der Waals surface area contributed by atoms with Crippen LogP contribution < -0.4 is 5.46 Å². The molecular weight excluding hydrogens is 378 g/mol. The molecule has 7 heteroatoms. The van der Waals surface area contributed by atoms with Crippen molar-refractivity contribution in [1.29, 1.82) is 0 Å². The van der Waals surface area contributed by atoms with E-state index < -0.39 is 24.5 Å². The molecule has 0 unspecified atom stereocenters. The van der Waals surface area contributed by atoms with Gasteiger partial charge in [0.05, 0.1) is 11.2 Å². The van der Waals surface area contributed by atoms with Gasteiger partial charge in [-0.1, -0.05) is 38.1 Å². The Morgan fingerprint density at radius 1 is 1.03 bits per heavy atom. The van der Waals surface area contributed by atoms with Gasteiger partial charge in [-0.2, -0.15) is 13.2 Å². The standard InChI is InChI=1S/C22H25BF3NO2/c1-15(2)21(3,4)29-23(28)19-10-7-17-11-12-27(20(17)13-19)14-16-5-8-18(9-6-16)22(24,25)26/h5-13,15,28H,14H2,1-4H3. The van der Waals surface area contributed by atoms with Crippen LogP contribution in [-0.4, -0.2) is 22.3 Å². The minimum atomic E-state index is -4.34. The van der Waals surface area contributed by atoms with E-state index in [-0.39, 0.29) is 5.92 Å². The molecule has 3 rings (SSSR count). The van der Waals surface area contributed by atoms with Crippen LogP contribution in [-0.2, 0) is 17.4 Å². The van der Waals surface area contributed by atoms with Gasteiger partial charge in [0.15, 0.2) is 0 Å². The Bertz CT molecular complexity index is 978. The number of benzene rings is 2. The molecule has 0 aliphatic carbocycles. The molecule has 0 aliphatic rings. The fourth-order valence-electron chi connectivity index (χ4n) is 2.98. The van der Waals surface area contributed by atoms with Crippen LogP contribution in [0.15, 0.2) is 54.7 Å². The third kappa shape index (κ3) is 4.85. The maximum Gasteiger partial charge on any atom is 0.491 e. The van der Waals surface area contributed by atoms with Gasteiger partial charge < -0.3 is 14.2 Å². The lowest BCUT2D eigenvalue weighted by atomic mass is 9.77. The molecule has 154 valence electrons. The van der Waals surface area contributed by atoms with Crippen molar-refractivity contribution < 1.29 is 22.8 Å². The van der Waals surface area contributed by atoms with Crippen LogP contribution in [0.1, 0.15) is 38.8 Å². The van der Waals surface area contributed by atoms with Crippen LogP contribution in [0.25, 0.3) is 10.9 Å². The smallest absolute Gasteiger partial charge is 0.423 e. The first-order valence-electron chi connectivity index (χ1n) is 9.58. The molecule has 0 aliphatic heterocycles. The van der Waals surface area contributed by atoms with Crippen molar-refractivity contribution in [2.24, 2.45) is 5.92 Å². The first-order valence-corrected chi connectivity index (χ1v) is 9.58. The van der Waals surface area contributed by atoms with E-state index in [2.05, 4.69) is 0 Å². The van der Waals surface area contributed by atoms with Crippen LogP contribution in [0.5, 0.6) is 0 Å². The highest BCUT2D eigenvalue weighted by Crippen LogP contribution is 2.29. The summed E-state index contributed by atoms with van der Waals surface area (Å²) in [6, 6.07) is 12.7. The molecule has 0 spiro atoms. The van der Waals surface area contributed by atoms with Gasteiger partial charge in [0, 0.05) is 18.3 Å². The molecule has 0 amide bonds. The van der Waals surface area contributed by atoms with Gasteiger partial charge in [-0.05, 0) is 60.4 Å². The Kier molecular flexibility index (Phi) is 5.83. The summed E-state index contributed by atoms with van der Waals surface area (Å²) in [6.07, 6.45) is -2.45. The van der Waals surface area contributed by atoms with Crippen molar-refractivity contribution in [3.8, 4) is 0 Å². The van der Waals surface area contributed by atoms with E-state index in [9.17, 15) is 18.2 Å². The first kappa shape index (κ1) is 21.5. The zero-order valence-corrected chi connectivity index (χ0v) is 17.0. The van der Waals surface area contributed by atoms with Gasteiger partial charge in [0.2, 0.25) is 0 Å². The van der Waals surface area contributed by atoms with Crippen molar-refractivity contribution in [3.05, 3.63) is 65.9 Å². The normalized spacial score (nSPS) is 12.7. The predicted octanol–water partition coefficient (Wildman–Crippen LogP) is 4.85. The highest BCUT2D eigenvalue weighted by molar-refractivity contribution is 6.60. The zero-order valence-electron chi connectivity index (χ0n) is 17.0. The third-order valence-electron chi connectivity index (χ3n) is 5.52. The molecule has 0 saturated heterocycles. The molecule has 1 aromatic heterocycles. The van der Waals surface area contributed by atoms with Gasteiger partial charge in [-0.3, -0.25) is 0 Å². The average molecular weight is 403 g/mol. The molecule has 3 nitrogen and oxygen atoms in total. The Morgan fingerprint density at radius 3 is 2.28 bits per heavy atom. The van der Waals surface area contributed by atoms with Crippen LogP contribution in [0.3, 0.4) is 0 Å². The summed E-state index contributed by atoms with van der Waals surface area (Å²) in [5.74, 6) is 0.226. The number of nitrogens with zero attached hydrogens (tertiary/aromatic N) is 1. The minimum Gasteiger partial charge on any atom is -0.423 e. The highest BCUT2D eigenvalue weighted by Gasteiger charge is 2.31. The summed E-state index contributed by atoms with van der Waals surface area (Å²) in [5.41, 5.74) is 1.13. The SMILES string of the molecule is CC(C)C(C)(C)OB(O)c1ccc2ccn(Cc3ccc(C(F)(F)F)cc3)c2c1. The number of alkyl halides is 3. The van der Waals surface area contributed by atoms with Crippen LogP contribution in [0, 0.1) is 5.92 Å². The van der Waals surface area contributed by atoms with E-state index in [1.165, 1.54) is 12.1 Å². The van der Waals surface area contributed by atoms with Crippen LogP contribution in [0.2, 0.25) is 0 Å². The second-order valence-corrected chi connectivity index (χ2v) is 8.18. The van der Waals surface area contributed by atoms with Gasteiger partial charge in [0.25, 0.3) is 0 Å². The monoisotopic (exact) mass is 403 g/mol. The quantitative estimate of drug-likeness (QED) is 0.598. The number of hydrogen-bond acceptors (Lipinski definition) is 2. The molecule has 0 atom stereocenters. The lowest BCUT2D eigenvalue weighted by Crippen LogP contribution is -2.44. The fraction of sp³-hybridized carbons (Fsp3) is 0.364. The molecule has 0 radical (unpaired) electrons. The summed E-state index contributed by atoms with van der Waals surface area (Å²) >= 11 is 0. The van der Waals surface area contributed by atoms with Crippen molar-refractivity contribution >= 4 is 23.5 Å². The van der Waals surface area contributed by atoms with Crippen LogP contribution >= 0.6 is 0 Å². The number of rotatable bonds is 6. The summed E-state index contributed by atoms with van der Waals surface area (Å²) in [7, 11) is -1.06. The van der Waals surface area contributed by atoms with Crippen molar-refractivity contribution in [3.63, 3.8) is 0 Å². The summed E-state index contributed by atoms with van der Waals surface area (Å²) in [6.45, 7) is 8.37. The summed E-state index contributed by atoms with van der Waals surface area (Å²) in [5, 5.41) is 11.5. The Morgan fingerprint density at radius 2 is 1.69 bits per heavy atom. The lowest BCUT2D eigenvalue weighted by Gasteiger charge is -2.31. The molecular formula is C22H25BF3NO2. The van der Waals surface area contributed by atoms with Gasteiger partial charge in [-0.15, -0.1) is 0 Å². The topological polar surface area (TPSA) is 34.4 Å². The number of fused-ring (bicyclic) bond motifs is 1. The van der Waals surface area contributed by atoms with Crippen LogP contribution in [0.4, 0.5) is 13.2 Å². The molecule has 3 aromatic rings. The maximum absolute atomic E-state index is 12.8. The fourth-order valence-corrected chi connectivity index (χ4v) is 2.98. The Labute approximate surface area is 169 Å². The Hall–Kier alpha value is -2.25. The summed E-state index contributed by atoms with van der Waals surface area (Å²) < 4.78 is 46.1. The third-order valence-corrected chi connectivity index (χ3v) is 5.52. The number of aromatic nitrogens is 1. The Balaban J connectivity index is 1.84. The van der Waals surface area contributed by atoms with Gasteiger partial charge >= 0.3 is 13.3 Å². The molecule has 0 bridgehead atoms. The van der Waals surface area contributed by atoms with Gasteiger partial charge in [0.1, 0.15) is 0 Å². The van der Waals surface area contributed by atoms with E-state index >= 15 is 0 Å². The molecule has 0 saturated carbocycles. The van der Waals surface area contributed by atoms with E-state index in [0.717, 1.165) is 28.6 Å². The van der Waals surface area contributed by atoms with Crippen molar-refractivity contribution in [2.75, 3.05) is 0 Å². The molecule has 29 heavy (non-hydrogen) atoms. The molecule has 1 N–H and O–H groups in total. The van der Waals surface area contributed by atoms with E-state index in [1.54, 1.807) is 0 Å². The van der Waals surface area contributed by atoms with E-state index in [0.29, 0.717) is 12.0 Å². The summed E-state index contributed by atoms with van der Waals surface area (Å²) in [4.78, 5) is 0. The molecule has 0 fully saturated rings. The molecule has 1 heterocycles. The van der Waals surface area contributed by atoms with E-state index in [1.807, 2.05) is 62.7 Å². The lowest BCUT2D eigenvalue weighted by molar-refractivity contribution is -0.137. The highest BCUT2D eigenvalue weighted by atomic mass is 19.4.